The van der Waals surface area contributed by atoms with E-state index in [9.17, 15) is 8.78 Å². The maximum atomic E-state index is 13.6. The summed E-state index contributed by atoms with van der Waals surface area (Å²) in [5.41, 5.74) is 16.1. The summed E-state index contributed by atoms with van der Waals surface area (Å²) in [6, 6.07) is 17.8. The average Bonchev–Trinajstić information content (AvgIpc) is 4.06. The molecule has 57 heavy (non-hydrogen) atoms. The first-order chi connectivity index (χ1) is 27.9. The number of allylic oxidation sites excluding steroid dienone is 1. The zero-order valence-electron chi connectivity index (χ0n) is 30.3. The molecule has 0 saturated carbocycles. The number of aromatic amines is 1. The van der Waals surface area contributed by atoms with E-state index in [1.54, 1.807) is 41.4 Å². The predicted molar refractivity (Wildman–Crippen MR) is 215 cm³/mol. The highest BCUT2D eigenvalue weighted by Crippen LogP contribution is 2.27. The minimum Gasteiger partial charge on any atom is -0.370 e. The molecule has 9 aromatic heterocycles. The standard InChI is InChI=1S/C20H16FN7.C11H6ClFN4.C10H12N2/c21-15-8-14(10-22-12-15)17-9-19(28-18(27-17)4-7-26-28)23-6-3-13-11-25-16-2-1-5-24-20(13)16;12-10-4-9(7-3-8(13)6-14-5-7)16-11-1-2-15-17(10)11;11-6-5-9-4-3-8-2-1-7-12-10(8)9/h1-2,4-5,7-12,23,25H,3,6H2;1-6H;1-2,4,7H,3,5-6,11H2. The van der Waals surface area contributed by atoms with E-state index in [1.165, 1.54) is 40.2 Å². The summed E-state index contributed by atoms with van der Waals surface area (Å²) in [5.74, 6) is -0.0232. The number of nitrogens with one attached hydrogen (secondary N) is 2. The summed E-state index contributed by atoms with van der Waals surface area (Å²) in [6.07, 6.45) is 19.3. The fourth-order valence-corrected chi connectivity index (χ4v) is 6.67. The number of aromatic nitrogens is 11. The summed E-state index contributed by atoms with van der Waals surface area (Å²) >= 11 is 6.04. The molecule has 0 atom stereocenters. The van der Waals surface area contributed by atoms with Crippen LogP contribution >= 0.6 is 11.6 Å². The van der Waals surface area contributed by atoms with Crippen molar-refractivity contribution in [2.45, 2.75) is 19.3 Å². The van der Waals surface area contributed by atoms with Crippen molar-refractivity contribution in [3.05, 3.63) is 156 Å². The van der Waals surface area contributed by atoms with Crippen molar-refractivity contribution in [3.63, 3.8) is 0 Å². The van der Waals surface area contributed by atoms with Gasteiger partial charge in [-0.1, -0.05) is 23.7 Å². The molecular weight excluding hydrogens is 748 g/mol. The van der Waals surface area contributed by atoms with E-state index >= 15 is 0 Å². The molecule has 0 aliphatic heterocycles. The molecule has 13 nitrogen and oxygen atoms in total. The van der Waals surface area contributed by atoms with Crippen molar-refractivity contribution in [3.8, 4) is 22.5 Å². The van der Waals surface area contributed by atoms with Gasteiger partial charge in [-0.15, -0.1) is 0 Å². The second-order valence-electron chi connectivity index (χ2n) is 12.9. The summed E-state index contributed by atoms with van der Waals surface area (Å²) in [6.45, 7) is 1.39. The lowest BCUT2D eigenvalue weighted by Crippen LogP contribution is -2.10. The molecule has 4 N–H and O–H groups in total. The Morgan fingerprint density at radius 3 is 2.19 bits per heavy atom. The smallest absolute Gasteiger partial charge is 0.157 e. The van der Waals surface area contributed by atoms with E-state index in [1.807, 2.05) is 42.7 Å². The quantitative estimate of drug-likeness (QED) is 0.132. The molecule has 9 heterocycles. The van der Waals surface area contributed by atoms with Gasteiger partial charge in [0.25, 0.3) is 0 Å². The Kier molecular flexibility index (Phi) is 10.9. The van der Waals surface area contributed by atoms with Gasteiger partial charge in [-0.2, -0.15) is 14.7 Å². The molecule has 9 aromatic rings. The lowest BCUT2D eigenvalue weighted by atomic mass is 10.1. The fraction of sp³-hybridized carbons (Fsp3) is 0.122. The van der Waals surface area contributed by atoms with Crippen LogP contribution in [0.4, 0.5) is 14.6 Å². The Morgan fingerprint density at radius 2 is 1.46 bits per heavy atom. The van der Waals surface area contributed by atoms with Gasteiger partial charge in [-0.25, -0.2) is 23.3 Å². The monoisotopic (exact) mass is 781 g/mol. The van der Waals surface area contributed by atoms with Crippen LogP contribution in [0.2, 0.25) is 5.15 Å². The van der Waals surface area contributed by atoms with Gasteiger partial charge in [0.15, 0.2) is 11.3 Å². The number of hydrogen-bond acceptors (Lipinski definition) is 10. The molecule has 0 unspecified atom stereocenters. The number of hydrogen-bond donors (Lipinski definition) is 3. The molecule has 1 aliphatic carbocycles. The van der Waals surface area contributed by atoms with Crippen LogP contribution in [0.3, 0.4) is 0 Å². The molecule has 0 radical (unpaired) electrons. The first-order valence-corrected chi connectivity index (χ1v) is 18.4. The van der Waals surface area contributed by atoms with Gasteiger partial charge in [0.2, 0.25) is 0 Å². The third-order valence-corrected chi connectivity index (χ3v) is 9.34. The second kappa shape index (κ2) is 16.8. The van der Waals surface area contributed by atoms with Gasteiger partial charge in [-0.3, -0.25) is 19.9 Å². The average molecular weight is 782 g/mol. The van der Waals surface area contributed by atoms with Crippen LogP contribution in [0.15, 0.2) is 123 Å². The van der Waals surface area contributed by atoms with Crippen LogP contribution in [0.25, 0.3) is 50.4 Å². The largest absolute Gasteiger partial charge is 0.370 e. The van der Waals surface area contributed by atoms with Crippen LogP contribution in [0, 0.1) is 11.6 Å². The van der Waals surface area contributed by atoms with Gasteiger partial charge in [0.05, 0.1) is 52.9 Å². The van der Waals surface area contributed by atoms with Crippen LogP contribution in [-0.2, 0) is 12.8 Å². The molecule has 0 amide bonds. The molecule has 1 aliphatic rings. The molecular formula is C41H34ClF2N13. The van der Waals surface area contributed by atoms with Crippen LogP contribution < -0.4 is 11.1 Å². The summed E-state index contributed by atoms with van der Waals surface area (Å²) in [5, 5.41) is 12.1. The van der Waals surface area contributed by atoms with Crippen molar-refractivity contribution in [1.82, 2.24) is 54.1 Å². The molecule has 0 bridgehead atoms. The minimum absolute atomic E-state index is 0.394. The van der Waals surface area contributed by atoms with Crippen molar-refractivity contribution in [1.29, 1.82) is 0 Å². The third kappa shape index (κ3) is 8.34. The number of rotatable bonds is 8. The number of nitrogens with zero attached hydrogens (tertiary/aromatic N) is 10. The number of anilines is 1. The first-order valence-electron chi connectivity index (χ1n) is 18.0. The minimum atomic E-state index is -0.409. The Hall–Kier alpha value is -6.97. The van der Waals surface area contributed by atoms with Crippen LogP contribution in [-0.4, -0.2) is 67.2 Å². The highest BCUT2D eigenvalue weighted by atomic mass is 35.5. The second-order valence-corrected chi connectivity index (χ2v) is 13.2. The first kappa shape index (κ1) is 37.0. The van der Waals surface area contributed by atoms with Gasteiger partial charge >= 0.3 is 0 Å². The Bertz CT molecular complexity index is 2850. The van der Waals surface area contributed by atoms with E-state index in [2.05, 4.69) is 62.5 Å². The van der Waals surface area contributed by atoms with Crippen molar-refractivity contribution >= 4 is 45.3 Å². The maximum Gasteiger partial charge on any atom is 0.157 e. The van der Waals surface area contributed by atoms with Crippen LogP contribution in [0.5, 0.6) is 0 Å². The molecule has 0 saturated heterocycles. The highest BCUT2D eigenvalue weighted by Gasteiger charge is 2.14. The maximum absolute atomic E-state index is 13.6. The molecule has 16 heteroatoms. The number of nitrogens with two attached hydrogens (primary N) is 1. The number of halogens is 3. The topological polar surface area (TPSA) is 166 Å². The van der Waals surface area contributed by atoms with Gasteiger partial charge in [0.1, 0.15) is 22.6 Å². The lowest BCUT2D eigenvalue weighted by Gasteiger charge is -2.10. The molecule has 284 valence electrons. The molecule has 0 fully saturated rings. The van der Waals surface area contributed by atoms with E-state index in [0.29, 0.717) is 52.1 Å². The zero-order chi connectivity index (χ0) is 39.1. The number of fused-ring (bicyclic) bond motifs is 4. The summed E-state index contributed by atoms with van der Waals surface area (Å²) in [4.78, 5) is 28.6. The number of H-pyrrole nitrogens is 1. The van der Waals surface area contributed by atoms with E-state index in [-0.39, 0.29) is 0 Å². The Labute approximate surface area is 329 Å². The SMILES string of the molecule is Fc1cncc(-c2cc(Cl)n3nccc3n2)c1.Fc1cncc(-c2cc(NCCc3c[nH]c4cccnc34)n3nccc3n2)c1.NCCC1=CCc2cccnc21. The van der Waals surface area contributed by atoms with E-state index in [0.717, 1.165) is 53.6 Å². The van der Waals surface area contributed by atoms with E-state index < -0.39 is 11.6 Å². The van der Waals surface area contributed by atoms with Crippen molar-refractivity contribution in [2.75, 3.05) is 18.4 Å². The zero-order valence-corrected chi connectivity index (χ0v) is 31.0. The van der Waals surface area contributed by atoms with Gasteiger partial charge < -0.3 is 16.0 Å². The normalized spacial score (nSPS) is 11.8. The van der Waals surface area contributed by atoms with Crippen LogP contribution in [0.1, 0.15) is 23.2 Å². The summed E-state index contributed by atoms with van der Waals surface area (Å²) in [7, 11) is 0. The van der Waals surface area contributed by atoms with Gasteiger partial charge in [-0.05, 0) is 72.8 Å². The molecule has 0 aromatic carbocycles. The number of pyridine rings is 4. The van der Waals surface area contributed by atoms with E-state index in [4.69, 9.17) is 17.3 Å². The fourth-order valence-electron chi connectivity index (χ4n) is 6.44. The summed E-state index contributed by atoms with van der Waals surface area (Å²) < 4.78 is 29.9. The lowest BCUT2D eigenvalue weighted by molar-refractivity contribution is 0.621. The highest BCUT2D eigenvalue weighted by molar-refractivity contribution is 6.30. The third-order valence-electron chi connectivity index (χ3n) is 9.07. The Morgan fingerprint density at radius 1 is 0.772 bits per heavy atom. The molecule has 0 spiro atoms. The molecule has 10 rings (SSSR count). The van der Waals surface area contributed by atoms with Crippen molar-refractivity contribution in [2.24, 2.45) is 5.73 Å². The Balaban J connectivity index is 0.000000133. The predicted octanol–water partition coefficient (Wildman–Crippen LogP) is 7.42. The van der Waals surface area contributed by atoms with Gasteiger partial charge in [0, 0.05) is 72.9 Å². The van der Waals surface area contributed by atoms with Crippen molar-refractivity contribution < 1.29 is 8.78 Å².